The zero-order chi connectivity index (χ0) is 14.0. The van der Waals surface area contributed by atoms with Crippen molar-refractivity contribution in [2.24, 2.45) is 0 Å². The molecule has 1 unspecified atom stereocenters. The number of aliphatic hydroxyl groups is 1. The molecule has 0 saturated carbocycles. The fraction of sp³-hybridized carbons (Fsp3) is 0.600. The van der Waals surface area contributed by atoms with E-state index in [4.69, 9.17) is 26.9 Å². The van der Waals surface area contributed by atoms with Gasteiger partial charge in [0.05, 0.1) is 6.10 Å². The van der Waals surface area contributed by atoms with E-state index in [0.717, 1.165) is 0 Å². The van der Waals surface area contributed by atoms with Gasteiger partial charge in [-0.05, 0) is 6.07 Å². The van der Waals surface area contributed by atoms with Crippen molar-refractivity contribution >= 4 is 17.4 Å². The molecular weight excluding hydrogens is 276 g/mol. The summed E-state index contributed by atoms with van der Waals surface area (Å²) in [6.07, 6.45) is -0.560. The minimum atomic E-state index is -0.873. The molecule has 1 aliphatic rings. The van der Waals surface area contributed by atoms with Crippen molar-refractivity contribution in [2.75, 3.05) is 12.8 Å². The van der Waals surface area contributed by atoms with E-state index in [1.54, 1.807) is 7.05 Å². The number of aromatic nitrogens is 2. The summed E-state index contributed by atoms with van der Waals surface area (Å²) < 4.78 is 6.78. The molecule has 1 fully saturated rings. The number of nitrogen functional groups attached to an aromatic ring is 1. The summed E-state index contributed by atoms with van der Waals surface area (Å²) in [5, 5.41) is 9.89. The molecule has 0 radical (unpaired) electrons. The zero-order valence-corrected chi connectivity index (χ0v) is 10.9. The van der Waals surface area contributed by atoms with Gasteiger partial charge in [-0.15, -0.1) is 0 Å². The number of nitrogens with two attached hydrogens (primary N) is 1. The summed E-state index contributed by atoms with van der Waals surface area (Å²) in [5.74, 6) is 0.130. The van der Waals surface area contributed by atoms with Crippen molar-refractivity contribution in [1.29, 1.82) is 0 Å². The number of hydrogen-bond donors (Lipinski definition) is 3. The average molecular weight is 291 g/mol. The second-order valence-corrected chi connectivity index (χ2v) is 4.50. The van der Waals surface area contributed by atoms with Gasteiger partial charge in [0.2, 0.25) is 0 Å². The van der Waals surface area contributed by atoms with Crippen LogP contribution in [0.2, 0.25) is 0 Å². The van der Waals surface area contributed by atoms with Gasteiger partial charge in [-0.3, -0.25) is 9.40 Å². The van der Waals surface area contributed by atoms with Crippen molar-refractivity contribution in [2.45, 2.75) is 30.4 Å². The Hall–Kier alpha value is -1.19. The van der Waals surface area contributed by atoms with E-state index in [1.165, 1.54) is 16.8 Å². The Morgan fingerprint density at radius 2 is 2.53 bits per heavy atom. The first kappa shape index (κ1) is 14.2. The molecule has 1 aromatic heterocycles. The van der Waals surface area contributed by atoms with E-state index in [1.807, 2.05) is 0 Å². The summed E-state index contributed by atoms with van der Waals surface area (Å²) in [6.45, 7) is 0. The molecule has 0 bridgehead atoms. The fourth-order valence-electron chi connectivity index (χ4n) is 1.91. The highest BCUT2D eigenvalue weighted by atomic mass is 35.5. The summed E-state index contributed by atoms with van der Waals surface area (Å²) in [5.41, 5.74) is 6.41. The summed E-state index contributed by atoms with van der Waals surface area (Å²) in [6, 6.07) is 1.48. The second-order valence-electron chi connectivity index (χ2n) is 4.07. The molecule has 8 nitrogen and oxygen atoms in total. The van der Waals surface area contributed by atoms with Crippen LogP contribution >= 0.6 is 11.6 Å². The SMILES string of the molecule is CNOC(Cl)[C@H]1O[C@@H](n2ccc(N)nc2=O)C[C@@H]1O. The van der Waals surface area contributed by atoms with Gasteiger partial charge in [0, 0.05) is 19.7 Å². The molecule has 9 heteroatoms. The van der Waals surface area contributed by atoms with Crippen molar-refractivity contribution in [3.63, 3.8) is 0 Å². The molecule has 0 amide bonds. The van der Waals surface area contributed by atoms with Gasteiger partial charge in [-0.25, -0.2) is 10.3 Å². The molecule has 1 aromatic rings. The maximum absolute atomic E-state index is 11.7. The third-order valence-corrected chi connectivity index (χ3v) is 3.12. The molecule has 0 aliphatic carbocycles. The Bertz CT molecular complexity index is 497. The van der Waals surface area contributed by atoms with Crippen LogP contribution < -0.4 is 16.9 Å². The number of alkyl halides is 1. The number of nitrogens with one attached hydrogen (secondary N) is 1. The Morgan fingerprint density at radius 1 is 1.79 bits per heavy atom. The van der Waals surface area contributed by atoms with Crippen LogP contribution in [0.5, 0.6) is 0 Å². The second kappa shape index (κ2) is 5.85. The van der Waals surface area contributed by atoms with Crippen LogP contribution in [-0.2, 0) is 9.57 Å². The molecule has 2 rings (SSSR count). The lowest BCUT2D eigenvalue weighted by Gasteiger charge is -2.20. The van der Waals surface area contributed by atoms with Crippen molar-refractivity contribution in [1.82, 2.24) is 15.0 Å². The minimum Gasteiger partial charge on any atom is -0.390 e. The summed E-state index contributed by atoms with van der Waals surface area (Å²) in [7, 11) is 1.54. The number of aliphatic hydroxyl groups excluding tert-OH is 1. The van der Waals surface area contributed by atoms with Gasteiger partial charge in [-0.2, -0.15) is 4.98 Å². The quantitative estimate of drug-likeness (QED) is 0.491. The standard InChI is InChI=1S/C10H15ClN4O4/c1-13-19-9(11)8-5(16)4-7(18-8)15-3-2-6(12)14-10(15)17/h2-3,5,7-9,13,16H,4H2,1H3,(H2,12,14,17)/t5-,7+,8-,9?/m0/s1. The summed E-state index contributed by atoms with van der Waals surface area (Å²) in [4.78, 5) is 20.2. The Morgan fingerprint density at radius 3 is 3.16 bits per heavy atom. The molecule has 1 aliphatic heterocycles. The number of rotatable bonds is 4. The molecule has 1 saturated heterocycles. The van der Waals surface area contributed by atoms with Crippen molar-refractivity contribution < 1.29 is 14.7 Å². The van der Waals surface area contributed by atoms with E-state index < -0.39 is 29.7 Å². The first-order valence-electron chi connectivity index (χ1n) is 5.67. The first-order chi connectivity index (χ1) is 9.02. The maximum Gasteiger partial charge on any atom is 0.351 e. The zero-order valence-electron chi connectivity index (χ0n) is 10.2. The van der Waals surface area contributed by atoms with E-state index in [-0.39, 0.29) is 12.2 Å². The predicted molar refractivity (Wildman–Crippen MR) is 67.2 cm³/mol. The third kappa shape index (κ3) is 3.04. The Kier molecular flexibility index (Phi) is 4.38. The monoisotopic (exact) mass is 290 g/mol. The van der Waals surface area contributed by atoms with Gasteiger partial charge in [0.15, 0.2) is 5.56 Å². The molecule has 4 atom stereocenters. The Balaban J connectivity index is 2.14. The highest BCUT2D eigenvalue weighted by Crippen LogP contribution is 2.31. The van der Waals surface area contributed by atoms with Crippen LogP contribution in [0.15, 0.2) is 17.1 Å². The highest BCUT2D eigenvalue weighted by Gasteiger charge is 2.40. The smallest absolute Gasteiger partial charge is 0.351 e. The molecule has 2 heterocycles. The number of hydroxylamine groups is 1. The molecule has 0 aromatic carbocycles. The van der Waals surface area contributed by atoms with Crippen LogP contribution in [-0.4, -0.2) is 39.5 Å². The molecule has 19 heavy (non-hydrogen) atoms. The van der Waals surface area contributed by atoms with Crippen LogP contribution in [0, 0.1) is 0 Å². The number of ether oxygens (including phenoxy) is 1. The molecule has 106 valence electrons. The largest absolute Gasteiger partial charge is 0.390 e. The van der Waals surface area contributed by atoms with E-state index >= 15 is 0 Å². The molecule has 4 N–H and O–H groups in total. The lowest BCUT2D eigenvalue weighted by atomic mass is 10.2. The predicted octanol–water partition coefficient (Wildman–Crippen LogP) is -0.810. The van der Waals surface area contributed by atoms with Gasteiger partial charge in [0.25, 0.3) is 0 Å². The van der Waals surface area contributed by atoms with Crippen molar-refractivity contribution in [3.05, 3.63) is 22.7 Å². The fourth-order valence-corrected chi connectivity index (χ4v) is 2.22. The molecule has 0 spiro atoms. The van der Waals surface area contributed by atoms with E-state index in [0.29, 0.717) is 0 Å². The van der Waals surface area contributed by atoms with Gasteiger partial charge >= 0.3 is 5.69 Å². The lowest BCUT2D eigenvalue weighted by Crippen LogP contribution is -2.35. The van der Waals surface area contributed by atoms with Gasteiger partial charge < -0.3 is 15.6 Å². The van der Waals surface area contributed by atoms with Crippen molar-refractivity contribution in [3.8, 4) is 0 Å². The van der Waals surface area contributed by atoms with E-state index in [9.17, 15) is 9.90 Å². The van der Waals surface area contributed by atoms with Crippen LogP contribution in [0.4, 0.5) is 5.82 Å². The minimum absolute atomic E-state index is 0.130. The first-order valence-corrected chi connectivity index (χ1v) is 6.11. The maximum atomic E-state index is 11.7. The Labute approximate surface area is 114 Å². The normalized spacial score (nSPS) is 28.5. The third-order valence-electron chi connectivity index (χ3n) is 2.79. The number of halogens is 1. The number of anilines is 1. The van der Waals surface area contributed by atoms with Gasteiger partial charge in [-0.1, -0.05) is 11.6 Å². The van der Waals surface area contributed by atoms with Crippen LogP contribution in [0.1, 0.15) is 12.6 Å². The van der Waals surface area contributed by atoms with E-state index in [2.05, 4.69) is 10.5 Å². The summed E-state index contributed by atoms with van der Waals surface area (Å²) >= 11 is 5.91. The average Bonchev–Trinajstić information content (AvgIpc) is 2.71. The molecular formula is C10H15ClN4O4. The van der Waals surface area contributed by atoms with Crippen LogP contribution in [0.25, 0.3) is 0 Å². The topological polar surface area (TPSA) is 112 Å². The van der Waals surface area contributed by atoms with Crippen LogP contribution in [0.3, 0.4) is 0 Å². The lowest BCUT2D eigenvalue weighted by molar-refractivity contribution is -0.0993. The number of nitrogens with zero attached hydrogens (tertiary/aromatic N) is 2. The highest BCUT2D eigenvalue weighted by molar-refractivity contribution is 6.20. The van der Waals surface area contributed by atoms with Gasteiger partial charge in [0.1, 0.15) is 18.1 Å². The number of hydrogen-bond acceptors (Lipinski definition) is 7.